The molecular formula is C21H23BrClNO. The third kappa shape index (κ3) is 4.02. The quantitative estimate of drug-likeness (QED) is 0.517. The molecule has 0 saturated heterocycles. The first kappa shape index (κ1) is 19.8. The number of rotatable bonds is 6. The lowest BCUT2D eigenvalue weighted by atomic mass is 9.65. The summed E-state index contributed by atoms with van der Waals surface area (Å²) in [5.41, 5.74) is 1.33. The van der Waals surface area contributed by atoms with Gasteiger partial charge in [-0.2, -0.15) is 5.26 Å². The third-order valence-corrected chi connectivity index (χ3v) is 5.80. The Morgan fingerprint density at radius 2 is 1.76 bits per heavy atom. The van der Waals surface area contributed by atoms with Crippen molar-refractivity contribution < 1.29 is 4.74 Å². The molecule has 0 bridgehead atoms. The van der Waals surface area contributed by atoms with Crippen molar-refractivity contribution in [3.63, 3.8) is 0 Å². The molecule has 0 heterocycles. The van der Waals surface area contributed by atoms with Crippen molar-refractivity contribution in [3.05, 3.63) is 63.1 Å². The van der Waals surface area contributed by atoms with Gasteiger partial charge in [0, 0.05) is 15.1 Å². The minimum atomic E-state index is -0.581. The summed E-state index contributed by atoms with van der Waals surface area (Å²) < 4.78 is 6.88. The zero-order chi connectivity index (χ0) is 18.6. The first-order valence-electron chi connectivity index (χ1n) is 8.40. The first-order valence-corrected chi connectivity index (χ1v) is 9.57. The molecule has 2 rings (SSSR count). The molecule has 2 aromatic rings. The van der Waals surface area contributed by atoms with Crippen LogP contribution in [0.3, 0.4) is 0 Å². The number of halogens is 2. The van der Waals surface area contributed by atoms with Crippen LogP contribution in [0, 0.1) is 23.2 Å². The van der Waals surface area contributed by atoms with Crippen molar-refractivity contribution in [3.8, 4) is 11.8 Å². The van der Waals surface area contributed by atoms with Crippen LogP contribution >= 0.6 is 27.5 Å². The largest absolute Gasteiger partial charge is 0.489 e. The van der Waals surface area contributed by atoms with E-state index in [0.29, 0.717) is 11.6 Å². The Hall–Kier alpha value is -1.50. The van der Waals surface area contributed by atoms with E-state index in [0.717, 1.165) is 21.3 Å². The molecule has 0 fully saturated rings. The molecule has 0 spiro atoms. The van der Waals surface area contributed by atoms with Crippen LogP contribution in [0.5, 0.6) is 5.75 Å². The molecule has 132 valence electrons. The van der Waals surface area contributed by atoms with Gasteiger partial charge in [-0.1, -0.05) is 73.4 Å². The number of hydrogen-bond acceptors (Lipinski definition) is 2. The van der Waals surface area contributed by atoms with Crippen LogP contribution in [-0.4, -0.2) is 0 Å². The molecule has 0 amide bonds. The van der Waals surface area contributed by atoms with Gasteiger partial charge in [0.05, 0.1) is 11.5 Å². The zero-order valence-corrected chi connectivity index (χ0v) is 17.4. The summed E-state index contributed by atoms with van der Waals surface area (Å²) in [5, 5.41) is 10.7. The molecule has 0 aliphatic carbocycles. The van der Waals surface area contributed by atoms with E-state index in [1.165, 1.54) is 0 Å². The molecular weight excluding hydrogens is 398 g/mol. The first-order chi connectivity index (χ1) is 11.8. The monoisotopic (exact) mass is 419 g/mol. The average molecular weight is 421 g/mol. The van der Waals surface area contributed by atoms with Crippen LogP contribution in [0.25, 0.3) is 0 Å². The molecule has 4 heteroatoms. The van der Waals surface area contributed by atoms with Crippen molar-refractivity contribution in [1.29, 1.82) is 5.26 Å². The number of hydrogen-bond donors (Lipinski definition) is 0. The summed E-state index contributed by atoms with van der Waals surface area (Å²) in [6, 6.07) is 16.1. The van der Waals surface area contributed by atoms with Gasteiger partial charge in [0.2, 0.25) is 0 Å². The lowest BCUT2D eigenvalue weighted by Crippen LogP contribution is -2.36. The van der Waals surface area contributed by atoms with E-state index in [1.54, 1.807) is 0 Å². The second-order valence-electron chi connectivity index (χ2n) is 6.81. The van der Waals surface area contributed by atoms with E-state index >= 15 is 0 Å². The normalized spacial score (nSPS) is 11.6. The third-order valence-electron chi connectivity index (χ3n) is 4.74. The summed E-state index contributed by atoms with van der Waals surface area (Å²) >= 11 is 9.82. The van der Waals surface area contributed by atoms with E-state index in [-0.39, 0.29) is 11.8 Å². The molecule has 0 saturated carbocycles. The number of benzene rings is 2. The molecule has 0 radical (unpaired) electrons. The maximum atomic E-state index is 10.0. The van der Waals surface area contributed by atoms with Crippen molar-refractivity contribution in [1.82, 2.24) is 0 Å². The van der Waals surface area contributed by atoms with Gasteiger partial charge in [0.15, 0.2) is 0 Å². The van der Waals surface area contributed by atoms with E-state index in [9.17, 15) is 5.26 Å². The Morgan fingerprint density at radius 3 is 2.32 bits per heavy atom. The van der Waals surface area contributed by atoms with Crippen molar-refractivity contribution in [2.45, 2.75) is 39.7 Å². The Kier molecular flexibility index (Phi) is 6.54. The fourth-order valence-corrected chi connectivity index (χ4v) is 4.06. The molecule has 2 nitrogen and oxygen atoms in total. The summed E-state index contributed by atoms with van der Waals surface area (Å²) in [6.07, 6.45) is 0. The van der Waals surface area contributed by atoms with Gasteiger partial charge >= 0.3 is 0 Å². The van der Waals surface area contributed by atoms with Crippen LogP contribution in [0.1, 0.15) is 38.8 Å². The summed E-state index contributed by atoms with van der Waals surface area (Å²) in [7, 11) is 0. The van der Waals surface area contributed by atoms with Crippen LogP contribution in [0.15, 0.2) is 46.9 Å². The van der Waals surface area contributed by atoms with Crippen LogP contribution in [0.2, 0.25) is 5.02 Å². The van der Waals surface area contributed by atoms with E-state index < -0.39 is 5.41 Å². The minimum Gasteiger partial charge on any atom is -0.489 e. The molecule has 25 heavy (non-hydrogen) atoms. The summed E-state index contributed by atoms with van der Waals surface area (Å²) in [6.45, 7) is 8.75. The predicted molar refractivity (Wildman–Crippen MR) is 107 cm³/mol. The van der Waals surface area contributed by atoms with Gasteiger partial charge in [-0.15, -0.1) is 0 Å². The molecule has 0 aliphatic heterocycles. The standard InChI is InChI=1S/C21H23BrClNO/c1-14(2)21(13-24,15(3)4)18-11-17(9-10-19(18)22)25-12-16-7-5-6-8-20(16)23/h5-11,14-15H,12H2,1-4H3. The molecule has 0 N–H and O–H groups in total. The van der Waals surface area contributed by atoms with E-state index in [2.05, 4.69) is 49.7 Å². The van der Waals surface area contributed by atoms with Gasteiger partial charge in [-0.3, -0.25) is 0 Å². The van der Waals surface area contributed by atoms with Crippen molar-refractivity contribution >= 4 is 27.5 Å². The topological polar surface area (TPSA) is 33.0 Å². The van der Waals surface area contributed by atoms with Gasteiger partial charge in [-0.25, -0.2) is 0 Å². The second kappa shape index (κ2) is 8.25. The minimum absolute atomic E-state index is 0.174. The Morgan fingerprint density at radius 1 is 1.12 bits per heavy atom. The average Bonchev–Trinajstić information content (AvgIpc) is 2.57. The fraction of sp³-hybridized carbons (Fsp3) is 0.381. The van der Waals surface area contributed by atoms with Crippen LogP contribution in [0.4, 0.5) is 0 Å². The van der Waals surface area contributed by atoms with Crippen molar-refractivity contribution in [2.75, 3.05) is 0 Å². The van der Waals surface area contributed by atoms with Gasteiger partial charge in [-0.05, 0) is 41.7 Å². The highest BCUT2D eigenvalue weighted by atomic mass is 79.9. The summed E-state index contributed by atoms with van der Waals surface area (Å²) in [5.74, 6) is 1.08. The Labute approximate surface area is 163 Å². The second-order valence-corrected chi connectivity index (χ2v) is 8.07. The molecule has 0 unspecified atom stereocenters. The lowest BCUT2D eigenvalue weighted by molar-refractivity contribution is 0.286. The number of nitriles is 1. The molecule has 2 aromatic carbocycles. The van der Waals surface area contributed by atoms with Crippen LogP contribution < -0.4 is 4.74 Å². The van der Waals surface area contributed by atoms with Crippen molar-refractivity contribution in [2.24, 2.45) is 11.8 Å². The predicted octanol–water partition coefficient (Wildman–Crippen LogP) is 6.75. The molecule has 0 aromatic heterocycles. The maximum Gasteiger partial charge on any atom is 0.120 e. The number of ether oxygens (including phenoxy) is 1. The van der Waals surface area contributed by atoms with Gasteiger partial charge in [0.25, 0.3) is 0 Å². The SMILES string of the molecule is CC(C)C(C#N)(c1cc(OCc2ccccc2Cl)ccc1Br)C(C)C. The highest BCUT2D eigenvalue weighted by Gasteiger charge is 2.41. The summed E-state index contributed by atoms with van der Waals surface area (Å²) in [4.78, 5) is 0. The van der Waals surface area contributed by atoms with Crippen LogP contribution in [-0.2, 0) is 12.0 Å². The highest BCUT2D eigenvalue weighted by molar-refractivity contribution is 9.10. The van der Waals surface area contributed by atoms with E-state index in [1.807, 2.05) is 42.5 Å². The zero-order valence-electron chi connectivity index (χ0n) is 15.0. The Bertz CT molecular complexity index is 772. The molecule has 0 atom stereocenters. The van der Waals surface area contributed by atoms with E-state index in [4.69, 9.17) is 16.3 Å². The highest BCUT2D eigenvalue weighted by Crippen LogP contribution is 2.43. The molecule has 0 aliphatic rings. The van der Waals surface area contributed by atoms with Gasteiger partial charge < -0.3 is 4.74 Å². The lowest BCUT2D eigenvalue weighted by Gasteiger charge is -2.36. The fourth-order valence-electron chi connectivity index (χ4n) is 3.29. The van der Waals surface area contributed by atoms with Gasteiger partial charge in [0.1, 0.15) is 12.4 Å². The Balaban J connectivity index is 2.37. The maximum absolute atomic E-state index is 10.0. The number of nitrogens with zero attached hydrogens (tertiary/aromatic N) is 1. The smallest absolute Gasteiger partial charge is 0.120 e.